The predicted molar refractivity (Wildman–Crippen MR) is 74.9 cm³/mol. The molecule has 116 valence electrons. The molecular weight excluding hydrogens is 276 g/mol. The molecule has 1 aromatic carbocycles. The molecule has 21 heavy (non-hydrogen) atoms. The van der Waals surface area contributed by atoms with Gasteiger partial charge in [-0.05, 0) is 31.0 Å². The Hall–Kier alpha value is -1.04. The summed E-state index contributed by atoms with van der Waals surface area (Å²) < 4.78 is 32.9. The lowest BCUT2D eigenvalue weighted by molar-refractivity contribution is -0.0784. The van der Waals surface area contributed by atoms with Crippen molar-refractivity contribution in [2.45, 2.75) is 37.3 Å². The van der Waals surface area contributed by atoms with Crippen molar-refractivity contribution in [2.24, 2.45) is 0 Å². The molecule has 5 heteroatoms. The Balaban J connectivity index is 1.94. The molecule has 2 aliphatic rings. The second-order valence-electron chi connectivity index (χ2n) is 5.98. The van der Waals surface area contributed by atoms with Crippen molar-refractivity contribution in [1.82, 2.24) is 4.90 Å². The van der Waals surface area contributed by atoms with Crippen molar-refractivity contribution >= 4 is 0 Å². The Kier molecular flexibility index (Phi) is 4.24. The molecule has 0 radical (unpaired) electrons. The number of hydrogen-bond donors (Lipinski definition) is 1. The fourth-order valence-electron chi connectivity index (χ4n) is 3.77. The zero-order chi connectivity index (χ0) is 14.9. The van der Waals surface area contributed by atoms with Crippen LogP contribution in [0, 0.1) is 11.6 Å². The van der Waals surface area contributed by atoms with Gasteiger partial charge in [-0.15, -0.1) is 0 Å². The molecule has 0 aromatic heterocycles. The van der Waals surface area contributed by atoms with Crippen molar-refractivity contribution < 1.29 is 18.6 Å². The first-order chi connectivity index (χ1) is 10.1. The van der Waals surface area contributed by atoms with Crippen molar-refractivity contribution in [3.63, 3.8) is 0 Å². The van der Waals surface area contributed by atoms with E-state index in [0.29, 0.717) is 13.2 Å². The van der Waals surface area contributed by atoms with Crippen LogP contribution >= 0.6 is 0 Å². The average Bonchev–Trinajstić information content (AvgIpc) is 3.01. The van der Waals surface area contributed by atoms with E-state index in [-0.39, 0.29) is 5.56 Å². The predicted octanol–water partition coefficient (Wildman–Crippen LogP) is 2.64. The summed E-state index contributed by atoms with van der Waals surface area (Å²) in [6, 6.07) is 3.30. The van der Waals surface area contributed by atoms with Gasteiger partial charge in [-0.1, -0.05) is 12.8 Å². The number of nitrogens with zero attached hydrogens (tertiary/aromatic N) is 1. The van der Waals surface area contributed by atoms with Crippen molar-refractivity contribution in [3.8, 4) is 0 Å². The normalized spacial score (nSPS) is 24.1. The first kappa shape index (κ1) is 14.9. The highest BCUT2D eigenvalue weighted by Crippen LogP contribution is 2.45. The number of halogens is 2. The minimum Gasteiger partial charge on any atom is -0.386 e. The summed E-state index contributed by atoms with van der Waals surface area (Å²) in [6.07, 6.45) is 2.62. The van der Waals surface area contributed by atoms with Crippen LogP contribution in [0.25, 0.3) is 0 Å². The van der Waals surface area contributed by atoms with E-state index in [1.54, 1.807) is 0 Å². The molecular formula is C16H21F2NO2. The van der Waals surface area contributed by atoms with E-state index in [1.807, 2.05) is 0 Å². The zero-order valence-corrected chi connectivity index (χ0v) is 12.0. The molecule has 1 heterocycles. The van der Waals surface area contributed by atoms with Gasteiger partial charge in [-0.2, -0.15) is 0 Å². The summed E-state index contributed by atoms with van der Waals surface area (Å²) in [5.74, 6) is -1.05. The number of rotatable bonds is 3. The molecule has 1 N–H and O–H groups in total. The second kappa shape index (κ2) is 5.99. The molecule has 1 atom stereocenters. The molecule has 1 aliphatic heterocycles. The first-order valence-corrected chi connectivity index (χ1v) is 7.59. The topological polar surface area (TPSA) is 32.7 Å². The van der Waals surface area contributed by atoms with Gasteiger partial charge in [-0.3, -0.25) is 4.90 Å². The highest BCUT2D eigenvalue weighted by Gasteiger charge is 2.47. The van der Waals surface area contributed by atoms with Gasteiger partial charge in [0.2, 0.25) is 0 Å². The quantitative estimate of drug-likeness (QED) is 0.931. The minimum atomic E-state index is -1.01. The maximum Gasteiger partial charge on any atom is 0.129 e. The molecule has 2 fully saturated rings. The Labute approximate surface area is 123 Å². The molecule has 0 amide bonds. The summed E-state index contributed by atoms with van der Waals surface area (Å²) in [4.78, 5) is 2.21. The fraction of sp³-hybridized carbons (Fsp3) is 0.625. The zero-order valence-electron chi connectivity index (χ0n) is 12.0. The lowest BCUT2D eigenvalue weighted by Gasteiger charge is -2.46. The van der Waals surface area contributed by atoms with Gasteiger partial charge in [0.15, 0.2) is 0 Å². The van der Waals surface area contributed by atoms with E-state index in [4.69, 9.17) is 4.74 Å². The monoisotopic (exact) mass is 297 g/mol. The van der Waals surface area contributed by atoms with E-state index in [1.165, 1.54) is 0 Å². The van der Waals surface area contributed by atoms with Crippen molar-refractivity contribution in [3.05, 3.63) is 35.4 Å². The van der Waals surface area contributed by atoms with Crippen LogP contribution in [0.4, 0.5) is 8.78 Å². The Morgan fingerprint density at radius 1 is 1.14 bits per heavy atom. The number of hydrogen-bond acceptors (Lipinski definition) is 3. The molecule has 1 aliphatic carbocycles. The van der Waals surface area contributed by atoms with Crippen LogP contribution in [0.1, 0.15) is 37.4 Å². The number of morpholine rings is 1. The van der Waals surface area contributed by atoms with Crippen LogP contribution in [-0.4, -0.2) is 41.8 Å². The Bertz CT molecular complexity index is 497. The second-order valence-corrected chi connectivity index (χ2v) is 5.98. The maximum absolute atomic E-state index is 14.0. The molecule has 0 bridgehead atoms. The largest absolute Gasteiger partial charge is 0.386 e. The number of ether oxygens (including phenoxy) is 1. The van der Waals surface area contributed by atoms with Gasteiger partial charge in [0.05, 0.1) is 18.8 Å². The molecule has 0 spiro atoms. The number of aliphatic hydroxyl groups is 1. The van der Waals surface area contributed by atoms with Gasteiger partial charge < -0.3 is 9.84 Å². The Morgan fingerprint density at radius 2 is 1.81 bits per heavy atom. The minimum absolute atomic E-state index is 0.0726. The third-order valence-corrected chi connectivity index (χ3v) is 4.87. The molecule has 1 aromatic rings. The molecule has 1 unspecified atom stereocenters. The fourth-order valence-corrected chi connectivity index (χ4v) is 3.77. The molecule has 3 nitrogen and oxygen atoms in total. The van der Waals surface area contributed by atoms with Gasteiger partial charge >= 0.3 is 0 Å². The standard InChI is InChI=1S/C16H21F2NO2/c17-12-3-4-14(18)13(11-12)15(20)16(5-1-2-6-16)19-7-9-21-10-8-19/h3-4,11,15,20H,1-2,5-10H2. The van der Waals surface area contributed by atoms with E-state index < -0.39 is 23.3 Å². The van der Waals surface area contributed by atoms with Crippen LogP contribution in [0.5, 0.6) is 0 Å². The van der Waals surface area contributed by atoms with E-state index >= 15 is 0 Å². The summed E-state index contributed by atoms with van der Waals surface area (Å²) in [5, 5.41) is 10.8. The van der Waals surface area contributed by atoms with Gasteiger partial charge in [0.25, 0.3) is 0 Å². The van der Waals surface area contributed by atoms with Crippen LogP contribution < -0.4 is 0 Å². The van der Waals surface area contributed by atoms with Crippen LogP contribution in [0.3, 0.4) is 0 Å². The van der Waals surface area contributed by atoms with Crippen LogP contribution in [-0.2, 0) is 4.74 Å². The lowest BCUT2D eigenvalue weighted by Crippen LogP contribution is -2.55. The van der Waals surface area contributed by atoms with E-state index in [9.17, 15) is 13.9 Å². The van der Waals surface area contributed by atoms with E-state index in [2.05, 4.69) is 4.90 Å². The van der Waals surface area contributed by atoms with Crippen LogP contribution in [0.15, 0.2) is 18.2 Å². The smallest absolute Gasteiger partial charge is 0.129 e. The van der Waals surface area contributed by atoms with Gasteiger partial charge in [0, 0.05) is 18.7 Å². The van der Waals surface area contributed by atoms with Crippen molar-refractivity contribution in [1.29, 1.82) is 0 Å². The number of aliphatic hydroxyl groups excluding tert-OH is 1. The lowest BCUT2D eigenvalue weighted by atomic mass is 9.83. The molecule has 1 saturated heterocycles. The van der Waals surface area contributed by atoms with Gasteiger partial charge in [0.1, 0.15) is 17.7 Å². The highest BCUT2D eigenvalue weighted by atomic mass is 19.1. The third-order valence-electron chi connectivity index (χ3n) is 4.87. The summed E-state index contributed by atoms with van der Waals surface area (Å²) in [7, 11) is 0. The van der Waals surface area contributed by atoms with E-state index in [0.717, 1.165) is 57.0 Å². The summed E-state index contributed by atoms with van der Waals surface area (Å²) >= 11 is 0. The highest BCUT2D eigenvalue weighted by molar-refractivity contribution is 5.25. The molecule has 3 rings (SSSR count). The molecule has 1 saturated carbocycles. The average molecular weight is 297 g/mol. The number of benzene rings is 1. The summed E-state index contributed by atoms with van der Waals surface area (Å²) in [5.41, 5.74) is -0.415. The van der Waals surface area contributed by atoms with Crippen LogP contribution in [0.2, 0.25) is 0 Å². The van der Waals surface area contributed by atoms with Gasteiger partial charge in [-0.25, -0.2) is 8.78 Å². The third kappa shape index (κ3) is 2.70. The SMILES string of the molecule is OC(c1cc(F)ccc1F)C1(N2CCOCC2)CCCC1. The first-order valence-electron chi connectivity index (χ1n) is 7.59. The van der Waals surface area contributed by atoms with Crippen molar-refractivity contribution in [2.75, 3.05) is 26.3 Å². The summed E-state index contributed by atoms with van der Waals surface area (Å²) in [6.45, 7) is 2.71. The Morgan fingerprint density at radius 3 is 2.48 bits per heavy atom. The maximum atomic E-state index is 14.0.